The molecule has 0 amide bonds. The maximum absolute atomic E-state index is 6.96. The molecule has 0 aliphatic heterocycles. The van der Waals surface area contributed by atoms with Crippen molar-refractivity contribution >= 4 is 18.7 Å². The first-order valence-electron chi connectivity index (χ1n) is 12.2. The van der Waals surface area contributed by atoms with Gasteiger partial charge < -0.3 is 4.43 Å². The van der Waals surface area contributed by atoms with E-state index in [1.54, 1.807) is 0 Å². The van der Waals surface area contributed by atoms with Crippen molar-refractivity contribution in [1.29, 1.82) is 0 Å². The molecule has 0 saturated carbocycles. The monoisotopic (exact) mass is 434 g/mol. The van der Waals surface area contributed by atoms with Crippen LogP contribution in [0.3, 0.4) is 0 Å². The van der Waals surface area contributed by atoms with Crippen molar-refractivity contribution in [3.63, 3.8) is 0 Å². The Hall–Kier alpha value is -1.82. The van der Waals surface area contributed by atoms with Crippen molar-refractivity contribution in [1.82, 2.24) is 0 Å². The first-order valence-corrected chi connectivity index (χ1v) is 14.1. The minimum absolute atomic E-state index is 0.0586. The van der Waals surface area contributed by atoms with Gasteiger partial charge >= 0.3 is 0 Å². The summed E-state index contributed by atoms with van der Waals surface area (Å²) in [6.45, 7) is 10.1. The predicted octanol–water partition coefficient (Wildman–Crippen LogP) is 7.10. The van der Waals surface area contributed by atoms with Crippen LogP contribution in [0.15, 0.2) is 60.7 Å². The average molecular weight is 435 g/mol. The second-order valence-electron chi connectivity index (χ2n) is 9.49. The van der Waals surface area contributed by atoms with Crippen LogP contribution in [0, 0.1) is 11.8 Å². The van der Waals surface area contributed by atoms with Gasteiger partial charge in [0.15, 0.2) is 0 Å². The molecule has 0 fully saturated rings. The summed E-state index contributed by atoms with van der Waals surface area (Å²) < 4.78 is 6.96. The zero-order valence-corrected chi connectivity index (χ0v) is 21.3. The van der Waals surface area contributed by atoms with Crippen LogP contribution in [0.5, 0.6) is 0 Å². The van der Waals surface area contributed by atoms with Crippen LogP contribution in [0.2, 0.25) is 5.04 Å². The van der Waals surface area contributed by atoms with E-state index in [4.69, 9.17) is 4.43 Å². The second kappa shape index (κ2) is 13.6. The Labute approximate surface area is 192 Å². The molecule has 0 unspecified atom stereocenters. The highest BCUT2D eigenvalue weighted by molar-refractivity contribution is 6.99. The Kier molecular flexibility index (Phi) is 11.1. The van der Waals surface area contributed by atoms with Crippen molar-refractivity contribution in [3.8, 4) is 11.8 Å². The van der Waals surface area contributed by atoms with Crippen molar-refractivity contribution in [2.75, 3.05) is 6.61 Å². The smallest absolute Gasteiger partial charge is 0.261 e. The van der Waals surface area contributed by atoms with Gasteiger partial charge in [-0.05, 0) is 34.7 Å². The van der Waals surface area contributed by atoms with Crippen LogP contribution in [-0.4, -0.2) is 14.9 Å². The number of hydrogen-bond donors (Lipinski definition) is 0. The Morgan fingerprint density at radius 2 is 1.16 bits per heavy atom. The van der Waals surface area contributed by atoms with Gasteiger partial charge in [0.25, 0.3) is 8.32 Å². The van der Waals surface area contributed by atoms with Gasteiger partial charge in [-0.25, -0.2) is 0 Å². The molecule has 0 heterocycles. The van der Waals surface area contributed by atoms with E-state index in [1.165, 1.54) is 48.9 Å². The van der Waals surface area contributed by atoms with Crippen LogP contribution in [0.1, 0.15) is 85.5 Å². The zero-order chi connectivity index (χ0) is 22.4. The lowest BCUT2D eigenvalue weighted by Gasteiger charge is -2.43. The van der Waals surface area contributed by atoms with Crippen LogP contribution in [0.25, 0.3) is 0 Å². The lowest BCUT2D eigenvalue weighted by molar-refractivity contribution is 0.286. The topological polar surface area (TPSA) is 9.23 Å². The van der Waals surface area contributed by atoms with Gasteiger partial charge in [-0.1, -0.05) is 114 Å². The SMILES string of the molecule is CCCCCC#CCCCCCCO[Si](c1ccccc1)(c1ccccc1)C(C)(C)C. The summed E-state index contributed by atoms with van der Waals surface area (Å²) in [7, 11) is -2.37. The summed E-state index contributed by atoms with van der Waals surface area (Å²) in [4.78, 5) is 0. The molecule has 2 heteroatoms. The molecule has 2 aromatic carbocycles. The van der Waals surface area contributed by atoms with Gasteiger partial charge in [0, 0.05) is 19.4 Å². The van der Waals surface area contributed by atoms with Crippen LogP contribution in [0.4, 0.5) is 0 Å². The number of benzene rings is 2. The Morgan fingerprint density at radius 3 is 1.65 bits per heavy atom. The van der Waals surface area contributed by atoms with Crippen molar-refractivity contribution in [3.05, 3.63) is 60.7 Å². The van der Waals surface area contributed by atoms with Crippen molar-refractivity contribution < 1.29 is 4.43 Å². The molecular weight excluding hydrogens is 392 g/mol. The largest absolute Gasteiger partial charge is 0.407 e. The molecule has 0 N–H and O–H groups in total. The van der Waals surface area contributed by atoms with E-state index >= 15 is 0 Å². The molecule has 0 aliphatic carbocycles. The van der Waals surface area contributed by atoms with Gasteiger partial charge in [-0.2, -0.15) is 0 Å². The van der Waals surface area contributed by atoms with Gasteiger partial charge in [0.2, 0.25) is 0 Å². The lowest BCUT2D eigenvalue weighted by atomic mass is 10.1. The van der Waals surface area contributed by atoms with E-state index < -0.39 is 8.32 Å². The first kappa shape index (κ1) is 25.4. The Balaban J connectivity index is 1.93. The minimum Gasteiger partial charge on any atom is -0.407 e. The third kappa shape index (κ3) is 7.67. The minimum atomic E-state index is -2.37. The highest BCUT2D eigenvalue weighted by Gasteiger charge is 2.49. The summed E-state index contributed by atoms with van der Waals surface area (Å²) in [6, 6.07) is 21.9. The third-order valence-corrected chi connectivity index (χ3v) is 11.0. The first-order chi connectivity index (χ1) is 15.0. The van der Waals surface area contributed by atoms with E-state index in [2.05, 4.69) is 100 Å². The molecule has 0 atom stereocenters. The summed E-state index contributed by atoms with van der Waals surface area (Å²) >= 11 is 0. The highest BCUT2D eigenvalue weighted by Crippen LogP contribution is 2.36. The molecular formula is C29H42OSi. The Bertz CT molecular complexity index is 741. The van der Waals surface area contributed by atoms with Gasteiger partial charge in [0.1, 0.15) is 0 Å². The molecule has 0 radical (unpaired) electrons. The van der Waals surface area contributed by atoms with Gasteiger partial charge in [0.05, 0.1) is 0 Å². The lowest BCUT2D eigenvalue weighted by Crippen LogP contribution is -2.66. The quantitative estimate of drug-likeness (QED) is 0.197. The maximum Gasteiger partial charge on any atom is 0.261 e. The molecule has 1 nitrogen and oxygen atoms in total. The van der Waals surface area contributed by atoms with Gasteiger partial charge in [-0.3, -0.25) is 0 Å². The normalized spacial score (nSPS) is 11.7. The van der Waals surface area contributed by atoms with Crippen molar-refractivity contribution in [2.45, 2.75) is 90.5 Å². The standard InChI is InChI=1S/C29H42OSi/c1-5-6-7-8-9-10-11-12-13-14-21-26-30-31(29(2,3)4,27-22-17-15-18-23-27)28-24-19-16-20-25-28/h15-20,22-25H,5-8,11-14,21,26H2,1-4H3. The molecule has 0 spiro atoms. The fourth-order valence-electron chi connectivity index (χ4n) is 4.30. The van der Waals surface area contributed by atoms with E-state index in [0.717, 1.165) is 25.9 Å². The van der Waals surface area contributed by atoms with E-state index in [9.17, 15) is 0 Å². The fraction of sp³-hybridized carbons (Fsp3) is 0.517. The van der Waals surface area contributed by atoms with E-state index in [1.807, 2.05) is 0 Å². The fourth-order valence-corrected chi connectivity index (χ4v) is 8.90. The second-order valence-corrected chi connectivity index (χ2v) is 13.8. The molecule has 31 heavy (non-hydrogen) atoms. The predicted molar refractivity (Wildman–Crippen MR) is 139 cm³/mol. The maximum atomic E-state index is 6.96. The molecule has 0 aromatic heterocycles. The van der Waals surface area contributed by atoms with Crippen LogP contribution in [-0.2, 0) is 4.43 Å². The summed E-state index contributed by atoms with van der Waals surface area (Å²) in [5, 5.41) is 2.79. The molecule has 2 aromatic rings. The number of hydrogen-bond acceptors (Lipinski definition) is 1. The summed E-state index contributed by atoms with van der Waals surface area (Å²) in [5.41, 5.74) is 0. The van der Waals surface area contributed by atoms with Crippen LogP contribution >= 0.6 is 0 Å². The average Bonchev–Trinajstić information content (AvgIpc) is 2.77. The van der Waals surface area contributed by atoms with E-state index in [0.29, 0.717) is 0 Å². The number of rotatable bonds is 12. The van der Waals surface area contributed by atoms with Crippen molar-refractivity contribution in [2.24, 2.45) is 0 Å². The molecule has 0 bridgehead atoms. The molecule has 0 aliphatic rings. The van der Waals surface area contributed by atoms with E-state index in [-0.39, 0.29) is 5.04 Å². The summed E-state index contributed by atoms with van der Waals surface area (Å²) in [5.74, 6) is 6.67. The van der Waals surface area contributed by atoms with Gasteiger partial charge in [-0.15, -0.1) is 11.8 Å². The third-order valence-electron chi connectivity index (χ3n) is 5.96. The highest BCUT2D eigenvalue weighted by atomic mass is 28.4. The molecule has 168 valence electrons. The summed E-state index contributed by atoms with van der Waals surface area (Å²) in [6.07, 6.45) is 10.7. The number of unbranched alkanes of at least 4 members (excludes halogenated alkanes) is 7. The zero-order valence-electron chi connectivity index (χ0n) is 20.3. The molecule has 0 saturated heterocycles. The molecule has 2 rings (SSSR count). The Morgan fingerprint density at radius 1 is 0.677 bits per heavy atom. The van der Waals surface area contributed by atoms with Crippen LogP contribution < -0.4 is 10.4 Å².